The molecule has 0 saturated carbocycles. The molecule has 0 aliphatic rings. The molecule has 0 aliphatic heterocycles. The third kappa shape index (κ3) is 2.30. The summed E-state index contributed by atoms with van der Waals surface area (Å²) in [5.74, 6) is 0. The standard InChI is InChI=1S/C9H12ISi/c1-11(2)9-6-4-3-5-8(9)7-10/h3-6H,7H2,1-2H3. The van der Waals surface area contributed by atoms with Crippen LogP contribution in [-0.4, -0.2) is 8.80 Å². The summed E-state index contributed by atoms with van der Waals surface area (Å²) in [6.07, 6.45) is 0. The summed E-state index contributed by atoms with van der Waals surface area (Å²) < 4.78 is 1.14. The molecule has 0 aromatic heterocycles. The van der Waals surface area contributed by atoms with Crippen LogP contribution >= 0.6 is 22.6 Å². The average Bonchev–Trinajstić information content (AvgIpc) is 2.04. The second-order valence-electron chi connectivity index (χ2n) is 2.79. The SMILES string of the molecule is C[Si](C)c1ccccc1CI. The highest BCUT2D eigenvalue weighted by Gasteiger charge is 2.04. The van der Waals surface area contributed by atoms with Crippen molar-refractivity contribution in [3.8, 4) is 0 Å². The van der Waals surface area contributed by atoms with Gasteiger partial charge in [-0.3, -0.25) is 0 Å². The van der Waals surface area contributed by atoms with E-state index in [-0.39, 0.29) is 8.80 Å². The summed E-state index contributed by atoms with van der Waals surface area (Å²) in [5.41, 5.74) is 1.52. The van der Waals surface area contributed by atoms with E-state index in [4.69, 9.17) is 0 Å². The molecule has 0 spiro atoms. The Balaban J connectivity index is 3.02. The molecule has 0 fully saturated rings. The van der Waals surface area contributed by atoms with Crippen molar-refractivity contribution >= 4 is 36.6 Å². The molecule has 0 atom stereocenters. The van der Waals surface area contributed by atoms with Crippen LogP contribution in [0.2, 0.25) is 13.1 Å². The maximum atomic E-state index is 2.43. The highest BCUT2D eigenvalue weighted by Crippen LogP contribution is 2.03. The van der Waals surface area contributed by atoms with Crippen molar-refractivity contribution in [1.82, 2.24) is 0 Å². The predicted molar refractivity (Wildman–Crippen MR) is 61.3 cm³/mol. The lowest BCUT2D eigenvalue weighted by molar-refractivity contribution is 1.49. The number of halogens is 1. The van der Waals surface area contributed by atoms with Crippen LogP contribution in [0.1, 0.15) is 5.56 Å². The summed E-state index contributed by atoms with van der Waals surface area (Å²) in [7, 11) is -0.259. The molecule has 59 valence electrons. The zero-order chi connectivity index (χ0) is 8.27. The number of rotatable bonds is 2. The van der Waals surface area contributed by atoms with Gasteiger partial charge in [-0.25, -0.2) is 0 Å². The molecule has 1 rings (SSSR count). The molecular weight excluding hydrogens is 263 g/mol. The Morgan fingerprint density at radius 1 is 1.27 bits per heavy atom. The van der Waals surface area contributed by atoms with Crippen molar-refractivity contribution in [3.05, 3.63) is 29.8 Å². The van der Waals surface area contributed by atoms with Crippen LogP contribution in [0.5, 0.6) is 0 Å². The quantitative estimate of drug-likeness (QED) is 0.442. The van der Waals surface area contributed by atoms with Crippen molar-refractivity contribution < 1.29 is 0 Å². The van der Waals surface area contributed by atoms with Gasteiger partial charge in [-0.15, -0.1) is 0 Å². The van der Waals surface area contributed by atoms with Gasteiger partial charge in [0.2, 0.25) is 0 Å². The minimum Gasteiger partial charge on any atom is -0.0812 e. The molecule has 0 unspecified atom stereocenters. The Kier molecular flexibility index (Phi) is 3.58. The molecule has 0 heterocycles. The highest BCUT2D eigenvalue weighted by atomic mass is 127. The van der Waals surface area contributed by atoms with E-state index in [0.29, 0.717) is 0 Å². The van der Waals surface area contributed by atoms with E-state index < -0.39 is 0 Å². The van der Waals surface area contributed by atoms with E-state index in [1.54, 1.807) is 5.19 Å². The first-order chi connectivity index (χ1) is 5.25. The van der Waals surface area contributed by atoms with Gasteiger partial charge < -0.3 is 0 Å². The van der Waals surface area contributed by atoms with Gasteiger partial charge in [0.15, 0.2) is 0 Å². The van der Waals surface area contributed by atoms with Crippen molar-refractivity contribution in [2.75, 3.05) is 0 Å². The minimum absolute atomic E-state index is 0.259. The molecule has 1 aromatic rings. The first-order valence-electron chi connectivity index (χ1n) is 3.70. The van der Waals surface area contributed by atoms with Crippen molar-refractivity contribution in [1.29, 1.82) is 0 Å². The molecule has 1 radical (unpaired) electrons. The molecular formula is C9H12ISi. The summed E-state index contributed by atoms with van der Waals surface area (Å²) in [6, 6.07) is 8.77. The summed E-state index contributed by atoms with van der Waals surface area (Å²) in [6.45, 7) is 4.69. The third-order valence-corrected chi connectivity index (χ3v) is 4.09. The van der Waals surface area contributed by atoms with Crippen LogP contribution in [0.25, 0.3) is 0 Å². The topological polar surface area (TPSA) is 0 Å². The second kappa shape index (κ2) is 4.26. The van der Waals surface area contributed by atoms with E-state index in [1.165, 1.54) is 5.56 Å². The lowest BCUT2D eigenvalue weighted by Crippen LogP contribution is -2.25. The monoisotopic (exact) mass is 275 g/mol. The van der Waals surface area contributed by atoms with Crippen molar-refractivity contribution in [2.24, 2.45) is 0 Å². The molecule has 0 aliphatic carbocycles. The Morgan fingerprint density at radius 3 is 2.36 bits per heavy atom. The van der Waals surface area contributed by atoms with Crippen molar-refractivity contribution in [3.63, 3.8) is 0 Å². The molecule has 0 bridgehead atoms. The van der Waals surface area contributed by atoms with E-state index >= 15 is 0 Å². The Labute approximate surface area is 83.8 Å². The average molecular weight is 275 g/mol. The van der Waals surface area contributed by atoms with Crippen LogP contribution < -0.4 is 5.19 Å². The first-order valence-corrected chi connectivity index (χ1v) is 7.72. The second-order valence-corrected chi connectivity index (χ2v) is 6.09. The number of benzene rings is 1. The van der Waals surface area contributed by atoms with Gasteiger partial charge in [0.1, 0.15) is 0 Å². The van der Waals surface area contributed by atoms with Gasteiger partial charge in [-0.1, -0.05) is 65.1 Å². The number of hydrogen-bond acceptors (Lipinski definition) is 0. The van der Waals surface area contributed by atoms with E-state index in [1.807, 2.05) is 0 Å². The first kappa shape index (κ1) is 9.26. The van der Waals surface area contributed by atoms with Gasteiger partial charge in [0.25, 0.3) is 0 Å². The van der Waals surface area contributed by atoms with E-state index in [0.717, 1.165) is 4.43 Å². The van der Waals surface area contributed by atoms with Gasteiger partial charge >= 0.3 is 0 Å². The summed E-state index contributed by atoms with van der Waals surface area (Å²) in [4.78, 5) is 0. The van der Waals surface area contributed by atoms with Gasteiger partial charge in [0, 0.05) is 4.43 Å². The van der Waals surface area contributed by atoms with Crippen molar-refractivity contribution in [2.45, 2.75) is 17.5 Å². The Morgan fingerprint density at radius 2 is 1.91 bits per heavy atom. The zero-order valence-corrected chi connectivity index (χ0v) is 10.1. The van der Waals surface area contributed by atoms with Gasteiger partial charge in [-0.05, 0) is 5.56 Å². The molecule has 0 N–H and O–H groups in total. The third-order valence-electron chi connectivity index (χ3n) is 1.70. The highest BCUT2D eigenvalue weighted by molar-refractivity contribution is 14.1. The Bertz CT molecular complexity index is 233. The van der Waals surface area contributed by atoms with Crippen LogP contribution in [0, 0.1) is 0 Å². The number of alkyl halides is 1. The fourth-order valence-electron chi connectivity index (χ4n) is 1.12. The molecule has 1 aromatic carbocycles. The number of hydrogen-bond donors (Lipinski definition) is 0. The maximum absolute atomic E-state index is 2.43. The van der Waals surface area contributed by atoms with Gasteiger partial charge in [-0.2, -0.15) is 0 Å². The lowest BCUT2D eigenvalue weighted by atomic mass is 10.2. The zero-order valence-electron chi connectivity index (χ0n) is 6.89. The fraction of sp³-hybridized carbons (Fsp3) is 0.333. The summed E-state index contributed by atoms with van der Waals surface area (Å²) >= 11 is 2.43. The molecule has 11 heavy (non-hydrogen) atoms. The predicted octanol–water partition coefficient (Wildman–Crippen LogP) is 2.58. The Hall–Kier alpha value is 0.167. The van der Waals surface area contributed by atoms with Crippen LogP contribution in [0.4, 0.5) is 0 Å². The van der Waals surface area contributed by atoms with Crippen LogP contribution in [0.3, 0.4) is 0 Å². The smallest absolute Gasteiger partial charge is 0.0795 e. The molecule has 2 heteroatoms. The van der Waals surface area contributed by atoms with Crippen LogP contribution in [0.15, 0.2) is 24.3 Å². The molecule has 0 saturated heterocycles. The summed E-state index contributed by atoms with van der Waals surface area (Å²) in [5, 5.41) is 1.59. The van der Waals surface area contributed by atoms with E-state index in [2.05, 4.69) is 60.0 Å². The fourth-order valence-corrected chi connectivity index (χ4v) is 3.39. The molecule has 0 amide bonds. The minimum atomic E-state index is -0.259. The normalized spacial score (nSPS) is 10.5. The van der Waals surface area contributed by atoms with Gasteiger partial charge in [0.05, 0.1) is 8.80 Å². The maximum Gasteiger partial charge on any atom is 0.0795 e. The van der Waals surface area contributed by atoms with E-state index in [9.17, 15) is 0 Å². The molecule has 0 nitrogen and oxygen atoms in total. The largest absolute Gasteiger partial charge is 0.0812 e. The lowest BCUT2D eigenvalue weighted by Gasteiger charge is -2.07. The van der Waals surface area contributed by atoms with Crippen LogP contribution in [-0.2, 0) is 4.43 Å².